The average molecular weight is 1890 g/mol. The number of unbranched alkanes of at least 4 members (excludes halogenated alkanes) is 2. The molecular weight excluding hydrogens is 1760 g/mol. The minimum absolute atomic E-state index is 0.00779. The first-order valence-corrected chi connectivity index (χ1v) is 44.7. The first-order chi connectivity index (χ1) is 62.9. The molecule has 2 fully saturated rings. The molecule has 2 saturated heterocycles. The molecule has 132 heavy (non-hydrogen) atoms. The lowest BCUT2D eigenvalue weighted by atomic mass is 10.0. The summed E-state index contributed by atoms with van der Waals surface area (Å²) in [5, 5.41) is 88.8. The van der Waals surface area contributed by atoms with Crippen LogP contribution in [0.3, 0.4) is 0 Å². The Morgan fingerprint density at radius 2 is 0.894 bits per heavy atom. The molecule has 14 amide bonds. The maximum absolute atomic E-state index is 14.4. The van der Waals surface area contributed by atoms with Crippen LogP contribution < -0.4 is 102 Å². The number of phosphoric acid groups is 1. The fourth-order valence-electron chi connectivity index (χ4n) is 12.6. The number of carboxylic acid groups (broad SMARTS) is 2. The molecule has 0 aromatic heterocycles. The minimum atomic E-state index is -4.73. The molecule has 2 aromatic rings. The Morgan fingerprint density at radius 1 is 0.462 bits per heavy atom. The Morgan fingerprint density at radius 3 is 1.41 bits per heavy atom. The van der Waals surface area contributed by atoms with Crippen LogP contribution in [0, 0.1) is 10.8 Å². The van der Waals surface area contributed by atoms with Crippen molar-refractivity contribution in [1.82, 2.24) is 90.4 Å². The molecule has 2 aliphatic rings. The van der Waals surface area contributed by atoms with Crippen molar-refractivity contribution in [2.24, 2.45) is 11.5 Å². The lowest BCUT2D eigenvalue weighted by Gasteiger charge is -2.26. The Hall–Kier alpha value is -12.6. The third-order valence-electron chi connectivity index (χ3n) is 19.5. The molecule has 4 rings (SSSR count). The van der Waals surface area contributed by atoms with Crippen molar-refractivity contribution >= 4 is 126 Å². The lowest BCUT2D eigenvalue weighted by Crippen LogP contribution is -2.58. The average Bonchev–Trinajstić information content (AvgIpc) is 1.52. The van der Waals surface area contributed by atoms with Gasteiger partial charge in [-0.25, -0.2) is 4.57 Å². The lowest BCUT2D eigenvalue weighted by molar-refractivity contribution is -0.160. The molecule has 0 spiro atoms. The van der Waals surface area contributed by atoms with E-state index in [0.29, 0.717) is 11.1 Å². The van der Waals surface area contributed by atoms with Crippen LogP contribution in [0.5, 0.6) is 0 Å². The van der Waals surface area contributed by atoms with E-state index in [1.165, 1.54) is 13.8 Å². The zero-order chi connectivity index (χ0) is 97.3. The Kier molecular flexibility index (Phi) is 53.0. The number of nitrogens with one attached hydrogen (secondary N) is 19. The van der Waals surface area contributed by atoms with Gasteiger partial charge in [-0.1, -0.05) is 74.5 Å². The number of amides is 14. The number of nitrogens with two attached hydrogens (primary N) is 2. The number of aliphatic carboxylic acids is 2. The molecule has 51 heteroatoms. The molecule has 0 radical (unpaired) electrons. The van der Waals surface area contributed by atoms with E-state index in [9.17, 15) is 111 Å². The van der Waals surface area contributed by atoms with Gasteiger partial charge in [0.1, 0.15) is 61.2 Å². The van der Waals surface area contributed by atoms with Crippen molar-refractivity contribution in [3.05, 3.63) is 71.8 Å². The van der Waals surface area contributed by atoms with E-state index in [-0.39, 0.29) is 200 Å². The van der Waals surface area contributed by atoms with E-state index in [1.54, 1.807) is 60.7 Å². The van der Waals surface area contributed by atoms with Crippen LogP contribution in [-0.4, -0.2) is 304 Å². The zero-order valence-electron chi connectivity index (χ0n) is 73.7. The number of aliphatic hydroxyl groups excluding tert-OH is 1. The summed E-state index contributed by atoms with van der Waals surface area (Å²) >= 11 is 0. The number of hydrogen-bond donors (Lipinski definition) is 25. The SMILES string of the molecule is CCC(=O)OC[C@H](COP(=O)(O)OCCNC(=O)CCC(=O)NCCOCCOCCC(=O)N[C@@H](CCC(=O)NCCCC[C@@H]1NC(=O)[C@@H](Cc2ccccc2)NC(=O)[C@H](CC(=O)O)N[C@H](O)CNC(=O)[C@H](CCCNC(=N)N)NC1=O)C(=O)NCCCC[C@@H]1NC(=O)[C@@H](Cc2ccccc2)NC(=O)[C@H](CC(=O)O)NC(=O)CNC(=O)[C@H](CCCNC(=N)N)NC1=O)OC(=O)CC. The molecular formula is C81H126N21O29P. The molecule has 0 aliphatic carbocycles. The van der Waals surface area contributed by atoms with Crippen molar-refractivity contribution in [2.75, 3.05) is 98.6 Å². The highest BCUT2D eigenvalue weighted by Crippen LogP contribution is 2.43. The number of hydrogen-bond acceptors (Lipinski definition) is 29. The fraction of sp³-hybridized carbons (Fsp3) is 0.605. The van der Waals surface area contributed by atoms with Crippen LogP contribution in [0.2, 0.25) is 0 Å². The quantitative estimate of drug-likeness (QED) is 0.00963. The topological polar surface area (TPSA) is 765 Å². The monoisotopic (exact) mass is 1890 g/mol. The third-order valence-corrected chi connectivity index (χ3v) is 20.5. The Balaban J connectivity index is 1.47. The van der Waals surface area contributed by atoms with Crippen LogP contribution >= 0.6 is 7.82 Å². The van der Waals surface area contributed by atoms with E-state index < -0.39 is 227 Å². The minimum Gasteiger partial charge on any atom is -0.481 e. The van der Waals surface area contributed by atoms with Crippen molar-refractivity contribution in [3.63, 3.8) is 0 Å². The smallest absolute Gasteiger partial charge is 0.472 e. The van der Waals surface area contributed by atoms with Gasteiger partial charge in [0.15, 0.2) is 18.0 Å². The molecule has 0 saturated carbocycles. The van der Waals surface area contributed by atoms with Gasteiger partial charge < -0.3 is 136 Å². The molecule has 1 unspecified atom stereocenters. The highest BCUT2D eigenvalue weighted by atomic mass is 31.2. The van der Waals surface area contributed by atoms with Gasteiger partial charge in [-0.05, 0) is 81.8 Å². The van der Waals surface area contributed by atoms with Crippen molar-refractivity contribution in [3.8, 4) is 0 Å². The number of β-amino-alcohol motifs (C(OH)–C–C–N with tert-alkyl or cyclic N) is 1. The molecule has 12 atom stereocenters. The van der Waals surface area contributed by atoms with E-state index >= 15 is 0 Å². The molecule has 27 N–H and O–H groups in total. The zero-order valence-corrected chi connectivity index (χ0v) is 74.6. The summed E-state index contributed by atoms with van der Waals surface area (Å²) in [6, 6.07) is 3.29. The summed E-state index contributed by atoms with van der Waals surface area (Å²) in [6.45, 7) is -0.503. The van der Waals surface area contributed by atoms with Crippen LogP contribution in [0.4, 0.5) is 0 Å². The number of carboxylic acids is 2. The molecule has 2 aliphatic heterocycles. The molecule has 2 aromatic carbocycles. The van der Waals surface area contributed by atoms with Crippen molar-refractivity contribution in [2.45, 2.75) is 215 Å². The first-order valence-electron chi connectivity index (χ1n) is 43.2. The van der Waals surface area contributed by atoms with Gasteiger partial charge in [0, 0.05) is 90.6 Å². The fourth-order valence-corrected chi connectivity index (χ4v) is 13.4. The van der Waals surface area contributed by atoms with E-state index in [0.717, 1.165) is 0 Å². The van der Waals surface area contributed by atoms with Gasteiger partial charge in [0.25, 0.3) is 0 Å². The number of guanidine groups is 2. The number of rotatable bonds is 55. The second kappa shape index (κ2) is 62.6. The van der Waals surface area contributed by atoms with Gasteiger partial charge in [-0.15, -0.1) is 0 Å². The molecule has 2 heterocycles. The van der Waals surface area contributed by atoms with Crippen LogP contribution in [0.1, 0.15) is 147 Å². The number of ether oxygens (including phenoxy) is 4. The third kappa shape index (κ3) is 48.9. The van der Waals surface area contributed by atoms with Crippen molar-refractivity contribution in [1.29, 1.82) is 10.8 Å². The second-order valence-electron chi connectivity index (χ2n) is 30.3. The number of benzene rings is 2. The predicted octanol–water partition coefficient (Wildman–Crippen LogP) is -6.44. The Labute approximate surface area is 760 Å². The van der Waals surface area contributed by atoms with Gasteiger partial charge in [-0.2, -0.15) is 0 Å². The molecule has 0 bridgehead atoms. The van der Waals surface area contributed by atoms with Gasteiger partial charge in [0.2, 0.25) is 82.7 Å². The van der Waals surface area contributed by atoms with Gasteiger partial charge >= 0.3 is 31.7 Å². The highest BCUT2D eigenvalue weighted by molar-refractivity contribution is 7.47. The number of esters is 2. The van der Waals surface area contributed by atoms with Crippen LogP contribution in [0.15, 0.2) is 60.7 Å². The summed E-state index contributed by atoms with van der Waals surface area (Å²) in [6.07, 6.45) is -6.54. The molecule has 734 valence electrons. The normalized spacial score (nSPS) is 19.8. The van der Waals surface area contributed by atoms with Gasteiger partial charge in [-0.3, -0.25) is 111 Å². The maximum Gasteiger partial charge on any atom is 0.472 e. The van der Waals surface area contributed by atoms with E-state index in [2.05, 4.69) is 90.4 Å². The number of carbonyl (C=O) groups is 18. The highest BCUT2D eigenvalue weighted by Gasteiger charge is 2.37. The van der Waals surface area contributed by atoms with Crippen molar-refractivity contribution < 1.29 is 139 Å². The largest absolute Gasteiger partial charge is 0.481 e. The van der Waals surface area contributed by atoms with Crippen LogP contribution in [0.25, 0.3) is 0 Å². The van der Waals surface area contributed by atoms with E-state index in [1.807, 2.05) is 0 Å². The molecule has 50 nitrogen and oxygen atoms in total. The summed E-state index contributed by atoms with van der Waals surface area (Å²) < 4.78 is 43.3. The van der Waals surface area contributed by atoms with E-state index in [4.69, 9.17) is 50.3 Å². The van der Waals surface area contributed by atoms with Crippen LogP contribution in [-0.2, 0) is 132 Å². The second-order valence-corrected chi connectivity index (χ2v) is 31.7. The first kappa shape index (κ1) is 112. The summed E-state index contributed by atoms with van der Waals surface area (Å²) in [7, 11) is -4.73. The summed E-state index contributed by atoms with van der Waals surface area (Å²) in [4.78, 5) is 250. The number of carbonyl (C=O) groups excluding carboxylic acids is 16. The summed E-state index contributed by atoms with van der Waals surface area (Å²) in [5.41, 5.74) is 12.0. The Bertz CT molecular complexity index is 4200. The summed E-state index contributed by atoms with van der Waals surface area (Å²) in [5.74, 6) is -16.6. The van der Waals surface area contributed by atoms with Gasteiger partial charge in [0.05, 0.1) is 71.6 Å². The number of aliphatic hydroxyl groups is 1. The maximum atomic E-state index is 14.4. The standard InChI is InChI=1S/C81H126N21O29P/c1-3-69(113)128-47-51(131-70(114)4-2)48-130-132(124,125)129-38-35-88-63(105)28-27-62(104)87-34-37-127-40-39-126-36-29-64(106)94-56(71(115)89-31-14-12-22-55-75(119)98-53(24-16-33-91-81(84)85)73(117)93-46-66(108)96-60(44-68(111)112)79(123)102-58(77(121)100-55)42-50-19-9-6-10-20-50)25-26-61(103)86-30-13-11-21-54-74(118)97-52(23-15-32-90-80(82)83)72(116)92-45-65(107)95-59(43-67(109)110)78(122)101-57(76(120)99-54)41-49-17-7-5-8-18-49/h5-10,17-20,51-60,65,95,107H,3-4,11-16,21-48H2,1-2H3,(H,86,103)(H,87,104)(H,88,105)(H,89,115)(H,92,116)(H,93,117)(H,94,106)(H,96,108)(H,97,118)(H,98,119)(H,99,120)(H,100,121)(H,101,122)(H,102,123)(H,109,110)(H,111,112)(H,124,125)(H4,82,83,90)(H4,84,85,91)/t51-,52+,53+,54+,55+,56+,57-,58-,59+,60+,65-/m1/s1. The predicted molar refractivity (Wildman–Crippen MR) is 465 cm³/mol. The number of phosphoric ester groups is 1.